The van der Waals surface area contributed by atoms with E-state index in [1.54, 1.807) is 0 Å². The van der Waals surface area contributed by atoms with Crippen molar-refractivity contribution in [3.8, 4) is 0 Å². The summed E-state index contributed by atoms with van der Waals surface area (Å²) in [5.74, 6) is 0.223. The molecule has 1 aromatic carbocycles. The topological polar surface area (TPSA) is 36.1 Å². The lowest BCUT2D eigenvalue weighted by molar-refractivity contribution is -0.131. The van der Waals surface area contributed by atoms with Gasteiger partial charge in [0, 0.05) is 35.2 Å². The van der Waals surface area contributed by atoms with Crippen LogP contribution in [-0.2, 0) is 11.2 Å². The Balaban J connectivity index is 1.80. The molecule has 1 aromatic heterocycles. The SMILES string of the molecule is O=C(Cc1c[nH]c2ccc(Cl)cc12)N1CCCCC1. The van der Waals surface area contributed by atoms with Gasteiger partial charge in [0.1, 0.15) is 0 Å². The summed E-state index contributed by atoms with van der Waals surface area (Å²) in [5, 5.41) is 1.76. The van der Waals surface area contributed by atoms with Crippen molar-refractivity contribution in [3.63, 3.8) is 0 Å². The van der Waals surface area contributed by atoms with Crippen LogP contribution in [0.5, 0.6) is 0 Å². The lowest BCUT2D eigenvalue weighted by Crippen LogP contribution is -2.36. The number of likely N-dealkylation sites (tertiary alicyclic amines) is 1. The molecule has 3 rings (SSSR count). The van der Waals surface area contributed by atoms with Gasteiger partial charge in [-0.2, -0.15) is 0 Å². The highest BCUT2D eigenvalue weighted by Gasteiger charge is 2.18. The Bertz CT molecular complexity index is 599. The fraction of sp³-hybridized carbons (Fsp3) is 0.400. The Kier molecular flexibility index (Phi) is 3.47. The summed E-state index contributed by atoms with van der Waals surface area (Å²) in [4.78, 5) is 17.4. The maximum Gasteiger partial charge on any atom is 0.227 e. The van der Waals surface area contributed by atoms with Crippen LogP contribution in [-0.4, -0.2) is 28.9 Å². The molecular weight excluding hydrogens is 260 g/mol. The van der Waals surface area contributed by atoms with Gasteiger partial charge in [-0.05, 0) is 43.0 Å². The molecular formula is C15H17ClN2O. The van der Waals surface area contributed by atoms with Crippen molar-refractivity contribution in [1.82, 2.24) is 9.88 Å². The Morgan fingerprint density at radius 2 is 2.05 bits per heavy atom. The zero-order valence-electron chi connectivity index (χ0n) is 10.8. The first kappa shape index (κ1) is 12.5. The molecule has 1 fully saturated rings. The van der Waals surface area contributed by atoms with E-state index >= 15 is 0 Å². The molecule has 1 saturated heterocycles. The summed E-state index contributed by atoms with van der Waals surface area (Å²) in [7, 11) is 0. The molecule has 4 heteroatoms. The maximum atomic E-state index is 12.3. The highest BCUT2D eigenvalue weighted by atomic mass is 35.5. The van der Waals surface area contributed by atoms with Gasteiger partial charge in [0.15, 0.2) is 0 Å². The molecule has 1 aliphatic rings. The third-order valence-corrected chi connectivity index (χ3v) is 4.02. The molecule has 0 saturated carbocycles. The first-order chi connectivity index (χ1) is 9.24. The van der Waals surface area contributed by atoms with Gasteiger partial charge in [0.25, 0.3) is 0 Å². The van der Waals surface area contributed by atoms with Crippen molar-refractivity contribution in [2.45, 2.75) is 25.7 Å². The normalized spacial score (nSPS) is 15.9. The molecule has 19 heavy (non-hydrogen) atoms. The fourth-order valence-electron chi connectivity index (χ4n) is 2.71. The number of nitrogens with one attached hydrogen (secondary N) is 1. The van der Waals surface area contributed by atoms with Crippen molar-refractivity contribution in [1.29, 1.82) is 0 Å². The number of aromatic amines is 1. The van der Waals surface area contributed by atoms with Crippen LogP contribution in [0, 0.1) is 0 Å². The summed E-state index contributed by atoms with van der Waals surface area (Å²) in [5.41, 5.74) is 2.07. The summed E-state index contributed by atoms with van der Waals surface area (Å²) < 4.78 is 0. The van der Waals surface area contributed by atoms with E-state index in [2.05, 4.69) is 4.98 Å². The van der Waals surface area contributed by atoms with Crippen LogP contribution in [0.4, 0.5) is 0 Å². The molecule has 3 nitrogen and oxygen atoms in total. The predicted octanol–water partition coefficient (Wildman–Crippen LogP) is 3.38. The number of carbonyl (C=O) groups is 1. The number of amides is 1. The van der Waals surface area contributed by atoms with Crippen molar-refractivity contribution in [2.75, 3.05) is 13.1 Å². The number of aromatic nitrogens is 1. The summed E-state index contributed by atoms with van der Waals surface area (Å²) in [6.45, 7) is 1.81. The predicted molar refractivity (Wildman–Crippen MR) is 77.4 cm³/mol. The lowest BCUT2D eigenvalue weighted by Gasteiger charge is -2.26. The fourth-order valence-corrected chi connectivity index (χ4v) is 2.89. The average Bonchev–Trinajstić information content (AvgIpc) is 2.82. The molecule has 0 spiro atoms. The van der Waals surface area contributed by atoms with Crippen molar-refractivity contribution in [2.24, 2.45) is 0 Å². The largest absolute Gasteiger partial charge is 0.361 e. The number of nitrogens with zero attached hydrogens (tertiary/aromatic N) is 1. The van der Waals surface area contributed by atoms with E-state index < -0.39 is 0 Å². The summed E-state index contributed by atoms with van der Waals surface area (Å²) in [6.07, 6.45) is 5.88. The number of H-pyrrole nitrogens is 1. The van der Waals surface area contributed by atoms with E-state index in [0.717, 1.165) is 42.4 Å². The molecule has 100 valence electrons. The average molecular weight is 277 g/mol. The van der Waals surface area contributed by atoms with E-state index in [9.17, 15) is 4.79 Å². The van der Waals surface area contributed by atoms with E-state index in [1.807, 2.05) is 29.3 Å². The van der Waals surface area contributed by atoms with E-state index in [0.29, 0.717) is 11.4 Å². The first-order valence-corrected chi connectivity index (χ1v) is 7.15. The highest BCUT2D eigenvalue weighted by Crippen LogP contribution is 2.23. The molecule has 0 aliphatic carbocycles. The monoisotopic (exact) mass is 276 g/mol. The van der Waals surface area contributed by atoms with Crippen LogP contribution in [0.15, 0.2) is 24.4 Å². The molecule has 0 atom stereocenters. The number of hydrogen-bond acceptors (Lipinski definition) is 1. The van der Waals surface area contributed by atoms with Crippen LogP contribution in [0.2, 0.25) is 5.02 Å². The maximum absolute atomic E-state index is 12.3. The van der Waals surface area contributed by atoms with Gasteiger partial charge >= 0.3 is 0 Å². The van der Waals surface area contributed by atoms with Gasteiger partial charge in [-0.15, -0.1) is 0 Å². The third kappa shape index (κ3) is 2.61. The van der Waals surface area contributed by atoms with E-state index in [-0.39, 0.29) is 5.91 Å². The van der Waals surface area contributed by atoms with Gasteiger partial charge in [-0.3, -0.25) is 4.79 Å². The Hall–Kier alpha value is -1.48. The molecule has 2 aromatic rings. The smallest absolute Gasteiger partial charge is 0.227 e. The quantitative estimate of drug-likeness (QED) is 0.897. The van der Waals surface area contributed by atoms with Gasteiger partial charge < -0.3 is 9.88 Å². The van der Waals surface area contributed by atoms with Gasteiger partial charge in [0.05, 0.1) is 6.42 Å². The van der Waals surface area contributed by atoms with Crippen molar-refractivity contribution < 1.29 is 4.79 Å². The van der Waals surface area contributed by atoms with Gasteiger partial charge in [-0.1, -0.05) is 11.6 Å². The second kappa shape index (κ2) is 5.25. The van der Waals surface area contributed by atoms with E-state index in [4.69, 9.17) is 11.6 Å². The number of fused-ring (bicyclic) bond motifs is 1. The molecule has 0 radical (unpaired) electrons. The van der Waals surface area contributed by atoms with Crippen molar-refractivity contribution >= 4 is 28.4 Å². The number of piperidine rings is 1. The molecule has 1 N–H and O–H groups in total. The van der Waals surface area contributed by atoms with Crippen LogP contribution < -0.4 is 0 Å². The number of benzene rings is 1. The van der Waals surface area contributed by atoms with Crippen LogP contribution in [0.3, 0.4) is 0 Å². The number of rotatable bonds is 2. The van der Waals surface area contributed by atoms with Gasteiger partial charge in [-0.25, -0.2) is 0 Å². The summed E-state index contributed by atoms with van der Waals surface area (Å²) >= 11 is 6.02. The zero-order chi connectivity index (χ0) is 13.2. The number of carbonyl (C=O) groups excluding carboxylic acids is 1. The number of halogens is 1. The minimum absolute atomic E-state index is 0.223. The Morgan fingerprint density at radius 1 is 1.26 bits per heavy atom. The zero-order valence-corrected chi connectivity index (χ0v) is 11.5. The second-order valence-corrected chi connectivity index (χ2v) is 5.56. The Morgan fingerprint density at radius 3 is 2.84 bits per heavy atom. The van der Waals surface area contributed by atoms with Crippen LogP contribution in [0.1, 0.15) is 24.8 Å². The van der Waals surface area contributed by atoms with Crippen LogP contribution >= 0.6 is 11.6 Å². The minimum atomic E-state index is 0.223. The van der Waals surface area contributed by atoms with Gasteiger partial charge in [0.2, 0.25) is 5.91 Å². The second-order valence-electron chi connectivity index (χ2n) is 5.12. The Labute approximate surface area is 117 Å². The summed E-state index contributed by atoms with van der Waals surface area (Å²) in [6, 6.07) is 5.73. The molecule has 1 amide bonds. The number of hydrogen-bond donors (Lipinski definition) is 1. The molecule has 0 unspecified atom stereocenters. The van der Waals surface area contributed by atoms with Crippen molar-refractivity contribution in [3.05, 3.63) is 35.0 Å². The van der Waals surface area contributed by atoms with Crippen LogP contribution in [0.25, 0.3) is 10.9 Å². The molecule has 0 bridgehead atoms. The van der Waals surface area contributed by atoms with E-state index in [1.165, 1.54) is 6.42 Å². The standard InChI is InChI=1S/C15H17ClN2O/c16-12-4-5-14-13(9-12)11(10-17-14)8-15(19)18-6-2-1-3-7-18/h4-5,9-10,17H,1-3,6-8H2. The third-order valence-electron chi connectivity index (χ3n) is 3.78. The molecule has 1 aliphatic heterocycles. The minimum Gasteiger partial charge on any atom is -0.361 e. The first-order valence-electron chi connectivity index (χ1n) is 6.77. The lowest BCUT2D eigenvalue weighted by atomic mass is 10.1. The molecule has 2 heterocycles. The highest BCUT2D eigenvalue weighted by molar-refractivity contribution is 6.31.